The molecule has 2 rings (SSSR count). The van der Waals surface area contributed by atoms with E-state index < -0.39 is 0 Å². The first kappa shape index (κ1) is 15.1. The summed E-state index contributed by atoms with van der Waals surface area (Å²) in [4.78, 5) is 23.4. The minimum Gasteiger partial charge on any atom is -0.349 e. The standard InChI is InChI=1S/C14H16N4O2S/c1-9(19)15-12(11-6-4-3-5-7-11)8-13(20)16-14-18-17-10(2)21-14/h3-7,12H,8H2,1-2H3,(H,15,19)(H,16,18,20). The Hall–Kier alpha value is -2.28. The molecule has 0 aliphatic carbocycles. The molecule has 1 aromatic carbocycles. The molecular formula is C14H16N4O2S. The van der Waals surface area contributed by atoms with Crippen LogP contribution >= 0.6 is 11.3 Å². The summed E-state index contributed by atoms with van der Waals surface area (Å²) in [5.74, 6) is -0.392. The number of hydrogen-bond acceptors (Lipinski definition) is 5. The van der Waals surface area contributed by atoms with Crippen LogP contribution in [0, 0.1) is 6.92 Å². The van der Waals surface area contributed by atoms with Gasteiger partial charge in [0.15, 0.2) is 0 Å². The summed E-state index contributed by atoms with van der Waals surface area (Å²) in [5.41, 5.74) is 0.885. The Bertz CT molecular complexity index is 627. The van der Waals surface area contributed by atoms with Crippen molar-refractivity contribution in [3.05, 3.63) is 40.9 Å². The van der Waals surface area contributed by atoms with E-state index in [0.29, 0.717) is 5.13 Å². The SMILES string of the molecule is CC(=O)NC(CC(=O)Nc1nnc(C)s1)c1ccccc1. The summed E-state index contributed by atoms with van der Waals surface area (Å²) in [7, 11) is 0. The van der Waals surface area contributed by atoms with Crippen LogP contribution in [-0.2, 0) is 9.59 Å². The largest absolute Gasteiger partial charge is 0.349 e. The summed E-state index contributed by atoms with van der Waals surface area (Å²) in [6, 6.07) is 9.02. The molecule has 2 amide bonds. The van der Waals surface area contributed by atoms with Crippen molar-refractivity contribution in [2.75, 3.05) is 5.32 Å². The predicted octanol–water partition coefficient (Wildman–Crippen LogP) is 2.05. The van der Waals surface area contributed by atoms with Crippen LogP contribution in [0.3, 0.4) is 0 Å². The Morgan fingerprint density at radius 2 is 1.95 bits per heavy atom. The van der Waals surface area contributed by atoms with E-state index in [2.05, 4.69) is 20.8 Å². The smallest absolute Gasteiger partial charge is 0.228 e. The second-order valence-corrected chi connectivity index (χ2v) is 5.72. The van der Waals surface area contributed by atoms with Gasteiger partial charge in [-0.05, 0) is 12.5 Å². The Kier molecular flexibility index (Phi) is 4.99. The van der Waals surface area contributed by atoms with Gasteiger partial charge in [0, 0.05) is 6.92 Å². The van der Waals surface area contributed by atoms with Crippen molar-refractivity contribution in [2.45, 2.75) is 26.3 Å². The van der Waals surface area contributed by atoms with E-state index in [9.17, 15) is 9.59 Å². The molecule has 0 saturated heterocycles. The average molecular weight is 304 g/mol. The molecule has 6 nitrogen and oxygen atoms in total. The number of nitrogens with zero attached hydrogens (tertiary/aromatic N) is 2. The number of hydrogen-bond donors (Lipinski definition) is 2. The van der Waals surface area contributed by atoms with Crippen molar-refractivity contribution in [1.82, 2.24) is 15.5 Å². The van der Waals surface area contributed by atoms with E-state index >= 15 is 0 Å². The lowest BCUT2D eigenvalue weighted by Gasteiger charge is -2.17. The Morgan fingerprint density at radius 1 is 1.24 bits per heavy atom. The normalized spacial score (nSPS) is 11.7. The summed E-state index contributed by atoms with van der Waals surface area (Å²) in [6.07, 6.45) is 0.141. The molecule has 0 aliphatic heterocycles. The number of benzene rings is 1. The molecule has 2 N–H and O–H groups in total. The lowest BCUT2D eigenvalue weighted by atomic mass is 10.0. The van der Waals surface area contributed by atoms with Gasteiger partial charge in [0.05, 0.1) is 12.5 Å². The molecule has 0 bridgehead atoms. The van der Waals surface area contributed by atoms with Crippen LogP contribution in [0.4, 0.5) is 5.13 Å². The number of nitrogens with one attached hydrogen (secondary N) is 2. The van der Waals surface area contributed by atoms with Gasteiger partial charge < -0.3 is 10.6 Å². The van der Waals surface area contributed by atoms with E-state index in [1.165, 1.54) is 18.3 Å². The third-order valence-electron chi connectivity index (χ3n) is 2.74. The first-order valence-electron chi connectivity index (χ1n) is 6.46. The third kappa shape index (κ3) is 4.64. The summed E-state index contributed by atoms with van der Waals surface area (Å²) in [6.45, 7) is 3.25. The van der Waals surface area contributed by atoms with Crippen molar-refractivity contribution in [1.29, 1.82) is 0 Å². The Balaban J connectivity index is 2.04. The van der Waals surface area contributed by atoms with Crippen molar-refractivity contribution >= 4 is 28.3 Å². The second-order valence-electron chi connectivity index (χ2n) is 4.54. The maximum absolute atomic E-state index is 12.1. The van der Waals surface area contributed by atoms with Crippen LogP contribution in [0.2, 0.25) is 0 Å². The highest BCUT2D eigenvalue weighted by atomic mass is 32.1. The number of aryl methyl sites for hydroxylation is 1. The molecule has 7 heteroatoms. The number of amides is 2. The van der Waals surface area contributed by atoms with Gasteiger partial charge >= 0.3 is 0 Å². The molecule has 2 aromatic rings. The number of aromatic nitrogens is 2. The van der Waals surface area contributed by atoms with Gasteiger partial charge in [0.2, 0.25) is 16.9 Å². The molecule has 21 heavy (non-hydrogen) atoms. The number of rotatable bonds is 5. The number of carbonyl (C=O) groups excluding carboxylic acids is 2. The molecule has 0 saturated carbocycles. The molecule has 1 unspecified atom stereocenters. The monoisotopic (exact) mass is 304 g/mol. The maximum atomic E-state index is 12.1. The lowest BCUT2D eigenvalue weighted by Crippen LogP contribution is -2.29. The van der Waals surface area contributed by atoms with Crippen LogP contribution in [0.5, 0.6) is 0 Å². The minimum absolute atomic E-state index is 0.141. The minimum atomic E-state index is -0.363. The molecule has 110 valence electrons. The summed E-state index contributed by atoms with van der Waals surface area (Å²) in [5, 5.41) is 14.4. The van der Waals surface area contributed by atoms with E-state index in [4.69, 9.17) is 0 Å². The maximum Gasteiger partial charge on any atom is 0.228 e. The highest BCUT2D eigenvalue weighted by molar-refractivity contribution is 7.15. The van der Waals surface area contributed by atoms with E-state index in [-0.39, 0.29) is 24.3 Å². The zero-order valence-electron chi connectivity index (χ0n) is 11.8. The zero-order valence-corrected chi connectivity index (χ0v) is 12.6. The van der Waals surface area contributed by atoms with Gasteiger partial charge in [-0.1, -0.05) is 41.7 Å². The fourth-order valence-electron chi connectivity index (χ4n) is 1.89. The molecule has 0 radical (unpaired) electrons. The van der Waals surface area contributed by atoms with Crippen LogP contribution in [-0.4, -0.2) is 22.0 Å². The molecular weight excluding hydrogens is 288 g/mol. The molecule has 1 aromatic heterocycles. The fraction of sp³-hybridized carbons (Fsp3) is 0.286. The van der Waals surface area contributed by atoms with Crippen LogP contribution in [0.25, 0.3) is 0 Å². The molecule has 0 aliphatic rings. The van der Waals surface area contributed by atoms with Crippen LogP contribution < -0.4 is 10.6 Å². The lowest BCUT2D eigenvalue weighted by molar-refractivity contribution is -0.120. The van der Waals surface area contributed by atoms with Gasteiger partial charge in [-0.15, -0.1) is 10.2 Å². The van der Waals surface area contributed by atoms with Gasteiger partial charge in [-0.25, -0.2) is 0 Å². The molecule has 1 heterocycles. The fourth-order valence-corrected chi connectivity index (χ4v) is 2.49. The third-order valence-corrected chi connectivity index (χ3v) is 3.50. The zero-order chi connectivity index (χ0) is 15.2. The Labute approximate surface area is 126 Å². The van der Waals surface area contributed by atoms with Gasteiger partial charge in [0.25, 0.3) is 0 Å². The van der Waals surface area contributed by atoms with Gasteiger partial charge in [-0.3, -0.25) is 9.59 Å². The van der Waals surface area contributed by atoms with Crippen molar-refractivity contribution in [2.24, 2.45) is 0 Å². The summed E-state index contributed by atoms with van der Waals surface area (Å²) >= 11 is 1.31. The average Bonchev–Trinajstić information content (AvgIpc) is 2.83. The molecule has 1 atom stereocenters. The predicted molar refractivity (Wildman–Crippen MR) is 80.9 cm³/mol. The second kappa shape index (κ2) is 6.94. The number of carbonyl (C=O) groups is 2. The van der Waals surface area contributed by atoms with Crippen molar-refractivity contribution in [3.8, 4) is 0 Å². The van der Waals surface area contributed by atoms with Gasteiger partial charge in [0.1, 0.15) is 5.01 Å². The first-order valence-corrected chi connectivity index (χ1v) is 7.28. The van der Waals surface area contributed by atoms with E-state index in [0.717, 1.165) is 10.6 Å². The molecule has 0 fully saturated rings. The van der Waals surface area contributed by atoms with Crippen molar-refractivity contribution in [3.63, 3.8) is 0 Å². The van der Waals surface area contributed by atoms with Crippen molar-refractivity contribution < 1.29 is 9.59 Å². The topological polar surface area (TPSA) is 84.0 Å². The number of anilines is 1. The molecule has 0 spiro atoms. The van der Waals surface area contributed by atoms with Crippen LogP contribution in [0.15, 0.2) is 30.3 Å². The van der Waals surface area contributed by atoms with Gasteiger partial charge in [-0.2, -0.15) is 0 Å². The van der Waals surface area contributed by atoms with E-state index in [1.807, 2.05) is 37.3 Å². The van der Waals surface area contributed by atoms with Crippen LogP contribution in [0.1, 0.15) is 30.0 Å². The van der Waals surface area contributed by atoms with E-state index in [1.54, 1.807) is 0 Å². The highest BCUT2D eigenvalue weighted by Gasteiger charge is 2.17. The Morgan fingerprint density at radius 3 is 2.52 bits per heavy atom. The first-order chi connectivity index (χ1) is 10.0. The quantitative estimate of drug-likeness (QED) is 0.885. The summed E-state index contributed by atoms with van der Waals surface area (Å²) < 4.78 is 0. The highest BCUT2D eigenvalue weighted by Crippen LogP contribution is 2.19.